The Hall–Kier alpha value is -3.07. The number of ether oxygens (including phenoxy) is 1. The van der Waals surface area contributed by atoms with E-state index in [2.05, 4.69) is 193 Å². The van der Waals surface area contributed by atoms with Gasteiger partial charge in [-0.15, -0.1) is 0 Å². The summed E-state index contributed by atoms with van der Waals surface area (Å²) in [6.45, 7) is 15.2. The van der Waals surface area contributed by atoms with Crippen molar-refractivity contribution in [2.75, 3.05) is 13.2 Å². The Kier molecular flexibility index (Phi) is 11.0. The normalized spacial score (nSPS) is 18.8. The molecule has 1 aliphatic heterocycles. The summed E-state index contributed by atoms with van der Waals surface area (Å²) in [7, 11) is -5.65. The van der Waals surface area contributed by atoms with E-state index in [1.54, 1.807) is 0 Å². The summed E-state index contributed by atoms with van der Waals surface area (Å²) in [5, 5.41) is 4.86. The van der Waals surface area contributed by atoms with Crippen LogP contribution in [0.15, 0.2) is 152 Å². The minimum atomic E-state index is -2.87. The number of rotatable bonds is 11. The maximum absolute atomic E-state index is 7.96. The van der Waals surface area contributed by atoms with Gasteiger partial charge in [0.15, 0.2) is 0 Å². The van der Waals surface area contributed by atoms with E-state index >= 15 is 0 Å². The SMILES string of the molecule is CC(C)(C)[Si](OC[C@H]1OC[C@H]([Se]c2ccccc2)[C@@H]1O[Si](c1ccccc1)(c1ccccc1)C(C)(C)C)(c1ccccc1)c1ccccc1. The standard InChI is InChI=1S/C43H50O3SeSi2/c1-42(2,3)48(35-24-14-8-15-25-35,36-26-16-9-17-27-36)45-32-39-41(40(33-44-39)47-34-22-12-7-13-23-34)46-49(43(4,5)6,37-28-18-10-19-29-37)38-30-20-11-21-31-38/h7-31,39-41H,32-33H2,1-6H3/t39-,40+,41-/m1/s1. The van der Waals surface area contributed by atoms with Gasteiger partial charge in [-0.05, 0) is 0 Å². The molecular weight excluding hydrogens is 700 g/mol. The van der Waals surface area contributed by atoms with Crippen LogP contribution >= 0.6 is 0 Å². The predicted molar refractivity (Wildman–Crippen MR) is 211 cm³/mol. The van der Waals surface area contributed by atoms with Crippen LogP contribution in [0.4, 0.5) is 0 Å². The fourth-order valence-electron chi connectivity index (χ4n) is 7.58. The molecule has 0 spiro atoms. The Morgan fingerprint density at radius 2 is 0.918 bits per heavy atom. The summed E-state index contributed by atoms with van der Waals surface area (Å²) in [6, 6.07) is 54.7. The van der Waals surface area contributed by atoms with Crippen LogP contribution in [0, 0.1) is 0 Å². The van der Waals surface area contributed by atoms with Crippen molar-refractivity contribution in [2.45, 2.75) is 68.6 Å². The maximum atomic E-state index is 7.96. The molecule has 0 amide bonds. The van der Waals surface area contributed by atoms with Crippen molar-refractivity contribution in [3.8, 4) is 0 Å². The Labute approximate surface area is 302 Å². The summed E-state index contributed by atoms with van der Waals surface area (Å²) in [5.74, 6) is 0. The molecule has 254 valence electrons. The third-order valence-electron chi connectivity index (χ3n) is 9.85. The van der Waals surface area contributed by atoms with Crippen LogP contribution in [0.5, 0.6) is 0 Å². The van der Waals surface area contributed by atoms with E-state index in [-0.39, 0.29) is 42.1 Å². The predicted octanol–water partition coefficient (Wildman–Crippen LogP) is 6.73. The first kappa shape index (κ1) is 35.7. The second-order valence-electron chi connectivity index (χ2n) is 15.1. The zero-order valence-corrected chi connectivity index (χ0v) is 33.4. The van der Waals surface area contributed by atoms with Crippen LogP contribution in [0.3, 0.4) is 0 Å². The molecule has 0 aromatic heterocycles. The van der Waals surface area contributed by atoms with Crippen molar-refractivity contribution in [3.63, 3.8) is 0 Å². The van der Waals surface area contributed by atoms with Gasteiger partial charge in [-0.2, -0.15) is 0 Å². The van der Waals surface area contributed by atoms with Gasteiger partial charge < -0.3 is 0 Å². The van der Waals surface area contributed by atoms with Crippen LogP contribution in [-0.4, -0.2) is 57.0 Å². The molecule has 1 aliphatic rings. The molecule has 5 aromatic carbocycles. The Morgan fingerprint density at radius 1 is 0.551 bits per heavy atom. The summed E-state index contributed by atoms with van der Waals surface area (Å²) in [4.78, 5) is 0.240. The van der Waals surface area contributed by atoms with E-state index in [1.807, 2.05) is 0 Å². The second-order valence-corrected chi connectivity index (χ2v) is 26.4. The zero-order valence-electron chi connectivity index (χ0n) is 29.7. The molecule has 3 nitrogen and oxygen atoms in total. The molecule has 1 saturated heterocycles. The van der Waals surface area contributed by atoms with Gasteiger partial charge in [-0.3, -0.25) is 0 Å². The zero-order chi connectivity index (χ0) is 34.5. The van der Waals surface area contributed by atoms with Gasteiger partial charge in [0.2, 0.25) is 0 Å². The molecule has 6 heteroatoms. The van der Waals surface area contributed by atoms with Gasteiger partial charge in [0.1, 0.15) is 0 Å². The molecule has 49 heavy (non-hydrogen) atoms. The van der Waals surface area contributed by atoms with Crippen LogP contribution < -0.4 is 25.2 Å². The summed E-state index contributed by atoms with van der Waals surface area (Å²) >= 11 is 0.156. The molecule has 0 saturated carbocycles. The van der Waals surface area contributed by atoms with Crippen molar-refractivity contribution in [2.24, 2.45) is 0 Å². The van der Waals surface area contributed by atoms with Crippen molar-refractivity contribution in [1.82, 2.24) is 0 Å². The molecule has 1 fully saturated rings. The fraction of sp³-hybridized carbons (Fsp3) is 0.302. The van der Waals surface area contributed by atoms with E-state index in [0.29, 0.717) is 13.2 Å². The molecule has 3 atom stereocenters. The van der Waals surface area contributed by atoms with Gasteiger partial charge in [-0.1, -0.05) is 0 Å². The van der Waals surface area contributed by atoms with E-state index in [4.69, 9.17) is 13.6 Å². The molecule has 6 rings (SSSR count). The fourth-order valence-corrected chi connectivity index (χ4v) is 19.6. The van der Waals surface area contributed by atoms with Gasteiger partial charge in [0.25, 0.3) is 0 Å². The first-order valence-corrected chi connectivity index (χ1v) is 23.1. The molecule has 0 aliphatic carbocycles. The van der Waals surface area contributed by atoms with Crippen molar-refractivity contribution < 1.29 is 13.6 Å². The van der Waals surface area contributed by atoms with Crippen LogP contribution in [0.1, 0.15) is 41.5 Å². The quantitative estimate of drug-likeness (QED) is 0.141. The molecule has 0 unspecified atom stereocenters. The third kappa shape index (κ3) is 7.24. The summed E-state index contributed by atoms with van der Waals surface area (Å²) in [6.07, 6.45) is -0.344. The topological polar surface area (TPSA) is 27.7 Å². The Balaban J connectivity index is 1.46. The summed E-state index contributed by atoms with van der Waals surface area (Å²) in [5.41, 5.74) is 0. The van der Waals surface area contributed by atoms with Gasteiger partial charge >= 0.3 is 304 Å². The average Bonchev–Trinajstić information content (AvgIpc) is 3.48. The molecule has 5 aromatic rings. The molecule has 1 heterocycles. The van der Waals surface area contributed by atoms with E-state index in [9.17, 15) is 0 Å². The average molecular weight is 750 g/mol. The Bertz CT molecular complexity index is 1660. The van der Waals surface area contributed by atoms with Gasteiger partial charge in [0, 0.05) is 0 Å². The number of hydrogen-bond donors (Lipinski definition) is 0. The van der Waals surface area contributed by atoms with Gasteiger partial charge in [-0.25, -0.2) is 0 Å². The first-order valence-electron chi connectivity index (χ1n) is 17.4. The number of benzene rings is 5. The van der Waals surface area contributed by atoms with E-state index in [1.165, 1.54) is 25.2 Å². The van der Waals surface area contributed by atoms with Crippen LogP contribution in [0.2, 0.25) is 14.9 Å². The van der Waals surface area contributed by atoms with E-state index in [0.717, 1.165) is 0 Å². The molecule has 0 N–H and O–H groups in total. The van der Waals surface area contributed by atoms with Crippen molar-refractivity contribution in [1.29, 1.82) is 0 Å². The Morgan fingerprint density at radius 3 is 1.31 bits per heavy atom. The minimum absolute atomic E-state index is 0.129. The van der Waals surface area contributed by atoms with Crippen LogP contribution in [-0.2, 0) is 13.6 Å². The number of hydrogen-bond acceptors (Lipinski definition) is 3. The van der Waals surface area contributed by atoms with Crippen LogP contribution in [0.25, 0.3) is 0 Å². The monoisotopic (exact) mass is 750 g/mol. The third-order valence-corrected chi connectivity index (χ3v) is 22.5. The molecular formula is C43H50O3SeSi2. The molecule has 0 radical (unpaired) electrons. The molecule has 0 bridgehead atoms. The first-order chi connectivity index (χ1) is 23.6. The second kappa shape index (κ2) is 15.0. The summed E-state index contributed by atoms with van der Waals surface area (Å²) < 4.78 is 23.7. The van der Waals surface area contributed by atoms with Crippen molar-refractivity contribution >= 4 is 56.8 Å². The van der Waals surface area contributed by atoms with E-state index < -0.39 is 16.6 Å². The van der Waals surface area contributed by atoms with Gasteiger partial charge in [0.05, 0.1) is 0 Å². The van der Waals surface area contributed by atoms with Crippen molar-refractivity contribution in [3.05, 3.63) is 152 Å².